The van der Waals surface area contributed by atoms with Crippen LogP contribution in [0.4, 0.5) is 5.82 Å². The van der Waals surface area contributed by atoms with Crippen molar-refractivity contribution >= 4 is 11.9 Å². The molecule has 1 aromatic heterocycles. The van der Waals surface area contributed by atoms with E-state index in [0.717, 1.165) is 37.3 Å². The zero-order valence-electron chi connectivity index (χ0n) is 9.74. The van der Waals surface area contributed by atoms with Gasteiger partial charge in [-0.15, -0.1) is 0 Å². The monoisotopic (exact) mass is 204 g/mol. The highest BCUT2D eigenvalue weighted by molar-refractivity contribution is 5.53. The molecule has 0 unspecified atom stereocenters. The largest absolute Gasteiger partial charge is 0.357 e. The first-order valence-electron chi connectivity index (χ1n) is 5.65. The van der Waals surface area contributed by atoms with Crippen LogP contribution in [-0.4, -0.2) is 18.1 Å². The fraction of sp³-hybridized carbons (Fsp3) is 0.462. The molecule has 1 aromatic rings. The van der Waals surface area contributed by atoms with E-state index in [1.54, 1.807) is 0 Å². The Hall–Kier alpha value is -1.31. The van der Waals surface area contributed by atoms with Crippen molar-refractivity contribution in [2.24, 2.45) is 0 Å². The van der Waals surface area contributed by atoms with Gasteiger partial charge in [0.1, 0.15) is 5.82 Å². The van der Waals surface area contributed by atoms with Crippen molar-refractivity contribution in [3.8, 4) is 0 Å². The minimum atomic E-state index is 1.07. The molecular weight excluding hydrogens is 184 g/mol. The number of hydrogen-bond acceptors (Lipinski definition) is 2. The highest BCUT2D eigenvalue weighted by Gasteiger charge is 2.05. The first-order chi connectivity index (χ1) is 7.31. The van der Waals surface area contributed by atoms with Crippen molar-refractivity contribution < 1.29 is 0 Å². The van der Waals surface area contributed by atoms with Gasteiger partial charge in [-0.25, -0.2) is 4.98 Å². The Morgan fingerprint density at radius 1 is 1.33 bits per heavy atom. The summed E-state index contributed by atoms with van der Waals surface area (Å²) in [6.07, 6.45) is 6.02. The van der Waals surface area contributed by atoms with Gasteiger partial charge in [0.2, 0.25) is 0 Å². The highest BCUT2D eigenvalue weighted by Crippen LogP contribution is 2.14. The fourth-order valence-electron chi connectivity index (χ4n) is 1.61. The molecule has 0 bridgehead atoms. The zero-order valence-corrected chi connectivity index (χ0v) is 9.74. The summed E-state index contributed by atoms with van der Waals surface area (Å²) in [5.74, 6) is 1.07. The molecule has 0 fully saturated rings. The molecule has 1 heterocycles. The molecule has 15 heavy (non-hydrogen) atoms. The molecule has 0 aliphatic rings. The van der Waals surface area contributed by atoms with Crippen LogP contribution < -0.4 is 4.90 Å². The quantitative estimate of drug-likeness (QED) is 0.706. The average molecular weight is 204 g/mol. The van der Waals surface area contributed by atoms with Crippen LogP contribution in [0.5, 0.6) is 0 Å². The maximum atomic E-state index is 4.40. The van der Waals surface area contributed by atoms with E-state index in [0.29, 0.717) is 0 Å². The highest BCUT2D eigenvalue weighted by atomic mass is 15.2. The Balaban J connectivity index is 2.83. The lowest BCUT2D eigenvalue weighted by Crippen LogP contribution is -2.25. The van der Waals surface area contributed by atoms with Crippen LogP contribution in [0, 0.1) is 0 Å². The van der Waals surface area contributed by atoms with Crippen LogP contribution in [-0.2, 0) is 0 Å². The number of rotatable bonds is 6. The molecule has 2 heteroatoms. The van der Waals surface area contributed by atoms with E-state index in [4.69, 9.17) is 0 Å². The number of hydrogen-bond donors (Lipinski definition) is 0. The van der Waals surface area contributed by atoms with Crippen molar-refractivity contribution in [2.75, 3.05) is 18.0 Å². The van der Waals surface area contributed by atoms with Gasteiger partial charge in [-0.05, 0) is 30.5 Å². The van der Waals surface area contributed by atoms with Crippen LogP contribution in [0.1, 0.15) is 32.3 Å². The molecule has 0 N–H and O–H groups in total. The van der Waals surface area contributed by atoms with Gasteiger partial charge in [0.05, 0.1) is 0 Å². The molecule has 0 aliphatic heterocycles. The van der Waals surface area contributed by atoms with Crippen molar-refractivity contribution in [3.05, 3.63) is 30.5 Å². The number of pyridine rings is 1. The normalized spacial score (nSPS) is 10.0. The van der Waals surface area contributed by atoms with E-state index in [1.807, 2.05) is 18.3 Å². The van der Waals surface area contributed by atoms with Crippen LogP contribution in [0.15, 0.2) is 24.9 Å². The second-order valence-corrected chi connectivity index (χ2v) is 3.64. The van der Waals surface area contributed by atoms with Gasteiger partial charge in [-0.2, -0.15) is 0 Å². The Bertz CT molecular complexity index is 301. The van der Waals surface area contributed by atoms with Crippen LogP contribution >= 0.6 is 0 Å². The molecule has 0 saturated heterocycles. The smallest absolute Gasteiger partial charge is 0.129 e. The summed E-state index contributed by atoms with van der Waals surface area (Å²) in [6, 6.07) is 4.07. The van der Waals surface area contributed by atoms with Gasteiger partial charge < -0.3 is 4.90 Å². The minimum Gasteiger partial charge on any atom is -0.357 e. The molecule has 0 saturated carbocycles. The predicted molar refractivity (Wildman–Crippen MR) is 67.1 cm³/mol. The van der Waals surface area contributed by atoms with E-state index in [1.165, 1.54) is 0 Å². The third-order valence-corrected chi connectivity index (χ3v) is 2.32. The summed E-state index contributed by atoms with van der Waals surface area (Å²) in [5.41, 5.74) is 1.14. The SMILES string of the molecule is C=Cc1ccnc(N(CCC)CCC)c1. The molecule has 2 nitrogen and oxygen atoms in total. The number of aromatic nitrogens is 1. The molecule has 0 aliphatic carbocycles. The van der Waals surface area contributed by atoms with Crippen molar-refractivity contribution in [1.82, 2.24) is 4.98 Å². The number of anilines is 1. The van der Waals surface area contributed by atoms with Gasteiger partial charge in [0, 0.05) is 19.3 Å². The molecule has 0 spiro atoms. The van der Waals surface area contributed by atoms with Crippen molar-refractivity contribution in [1.29, 1.82) is 0 Å². The molecule has 0 radical (unpaired) electrons. The Morgan fingerprint density at radius 2 is 2.00 bits per heavy atom. The second-order valence-electron chi connectivity index (χ2n) is 3.64. The lowest BCUT2D eigenvalue weighted by molar-refractivity contribution is 0.734. The van der Waals surface area contributed by atoms with Crippen molar-refractivity contribution in [2.45, 2.75) is 26.7 Å². The van der Waals surface area contributed by atoms with Gasteiger partial charge in [0.25, 0.3) is 0 Å². The van der Waals surface area contributed by atoms with E-state index in [2.05, 4.69) is 36.4 Å². The summed E-state index contributed by atoms with van der Waals surface area (Å²) in [6.45, 7) is 10.3. The molecule has 0 amide bonds. The van der Waals surface area contributed by atoms with Crippen LogP contribution in [0.25, 0.3) is 6.08 Å². The van der Waals surface area contributed by atoms with Crippen LogP contribution in [0.3, 0.4) is 0 Å². The van der Waals surface area contributed by atoms with E-state index in [-0.39, 0.29) is 0 Å². The topological polar surface area (TPSA) is 16.1 Å². The third kappa shape index (κ3) is 3.39. The summed E-state index contributed by atoms with van der Waals surface area (Å²) in [5, 5.41) is 0. The van der Waals surface area contributed by atoms with Gasteiger partial charge >= 0.3 is 0 Å². The van der Waals surface area contributed by atoms with Gasteiger partial charge in [0.15, 0.2) is 0 Å². The van der Waals surface area contributed by atoms with Crippen molar-refractivity contribution in [3.63, 3.8) is 0 Å². The Morgan fingerprint density at radius 3 is 2.53 bits per heavy atom. The van der Waals surface area contributed by atoms with E-state index in [9.17, 15) is 0 Å². The predicted octanol–water partition coefficient (Wildman–Crippen LogP) is 3.35. The van der Waals surface area contributed by atoms with Crippen LogP contribution in [0.2, 0.25) is 0 Å². The summed E-state index contributed by atoms with van der Waals surface area (Å²) >= 11 is 0. The molecule has 0 atom stereocenters. The number of nitrogens with zero attached hydrogens (tertiary/aromatic N) is 2. The third-order valence-electron chi connectivity index (χ3n) is 2.32. The molecule has 1 rings (SSSR count). The van der Waals surface area contributed by atoms with E-state index >= 15 is 0 Å². The lowest BCUT2D eigenvalue weighted by Gasteiger charge is -2.22. The second kappa shape index (κ2) is 6.23. The molecular formula is C13H20N2. The summed E-state index contributed by atoms with van der Waals surface area (Å²) in [4.78, 5) is 6.73. The fourth-order valence-corrected chi connectivity index (χ4v) is 1.61. The standard InChI is InChI=1S/C13H20N2/c1-4-9-15(10-5-2)13-11-12(6-3)7-8-14-13/h6-8,11H,3-5,9-10H2,1-2H3. The summed E-state index contributed by atoms with van der Waals surface area (Å²) < 4.78 is 0. The first-order valence-corrected chi connectivity index (χ1v) is 5.65. The van der Waals surface area contributed by atoms with Gasteiger partial charge in [-0.3, -0.25) is 0 Å². The molecule has 0 aromatic carbocycles. The molecule has 82 valence electrons. The minimum absolute atomic E-state index is 1.07. The maximum Gasteiger partial charge on any atom is 0.129 e. The van der Waals surface area contributed by atoms with Gasteiger partial charge in [-0.1, -0.05) is 26.5 Å². The Labute approximate surface area is 92.6 Å². The summed E-state index contributed by atoms with van der Waals surface area (Å²) in [7, 11) is 0. The Kier molecular flexibility index (Phi) is 4.88. The average Bonchev–Trinajstić information content (AvgIpc) is 2.29. The van der Waals surface area contributed by atoms with E-state index < -0.39 is 0 Å². The lowest BCUT2D eigenvalue weighted by atomic mass is 10.2. The first kappa shape index (κ1) is 11.8. The zero-order chi connectivity index (χ0) is 11.1. The maximum absolute atomic E-state index is 4.40.